The molecule has 0 aliphatic heterocycles. The van der Waals surface area contributed by atoms with Crippen LogP contribution in [-0.4, -0.2) is 17.8 Å². The molecule has 1 aromatic carbocycles. The molecule has 0 saturated carbocycles. The first-order valence-electron chi connectivity index (χ1n) is 6.52. The second-order valence-corrected chi connectivity index (χ2v) is 6.33. The Morgan fingerprint density at radius 3 is 2.70 bits per heavy atom. The third-order valence-electron chi connectivity index (χ3n) is 3.14. The van der Waals surface area contributed by atoms with Crippen molar-refractivity contribution >= 4 is 31.9 Å². The zero-order valence-corrected chi connectivity index (χ0v) is 14.4. The number of hydrogen-bond donors (Lipinski definition) is 2. The molecule has 0 radical (unpaired) electrons. The highest BCUT2D eigenvalue weighted by molar-refractivity contribution is 9.11. The lowest BCUT2D eigenvalue weighted by Crippen LogP contribution is -2.30. The van der Waals surface area contributed by atoms with E-state index in [-0.39, 0.29) is 12.6 Å². The standard InChI is InChI=1S/C15H17Br2NO2/c1-2-11(9-19)18-8-12-4-6-15(20-12)13-5-3-10(16)7-14(13)17/h3-7,11,18-19H,2,8-9H2,1H3/t11-/m1/s1. The Morgan fingerprint density at radius 1 is 1.25 bits per heavy atom. The van der Waals surface area contributed by atoms with Crippen LogP contribution in [0.25, 0.3) is 11.3 Å². The van der Waals surface area contributed by atoms with E-state index < -0.39 is 0 Å². The summed E-state index contributed by atoms with van der Waals surface area (Å²) >= 11 is 6.98. The molecule has 108 valence electrons. The number of furan rings is 1. The molecule has 1 atom stereocenters. The summed E-state index contributed by atoms with van der Waals surface area (Å²) in [5.41, 5.74) is 1.02. The van der Waals surface area contributed by atoms with Gasteiger partial charge in [-0.2, -0.15) is 0 Å². The first-order valence-corrected chi connectivity index (χ1v) is 8.11. The predicted octanol–water partition coefficient (Wildman–Crippen LogP) is 4.33. The summed E-state index contributed by atoms with van der Waals surface area (Å²) in [4.78, 5) is 0. The van der Waals surface area contributed by atoms with E-state index in [2.05, 4.69) is 37.2 Å². The van der Waals surface area contributed by atoms with Gasteiger partial charge in [0.1, 0.15) is 11.5 Å². The molecule has 5 heteroatoms. The van der Waals surface area contributed by atoms with Gasteiger partial charge in [-0.3, -0.25) is 0 Å². The van der Waals surface area contributed by atoms with Gasteiger partial charge in [-0.05, 0) is 52.7 Å². The van der Waals surface area contributed by atoms with E-state index in [1.165, 1.54) is 0 Å². The molecule has 0 saturated heterocycles. The molecule has 20 heavy (non-hydrogen) atoms. The number of nitrogens with one attached hydrogen (secondary N) is 1. The topological polar surface area (TPSA) is 45.4 Å². The Kier molecular flexibility index (Phi) is 5.84. The van der Waals surface area contributed by atoms with Crippen molar-refractivity contribution in [2.75, 3.05) is 6.61 Å². The highest BCUT2D eigenvalue weighted by Gasteiger charge is 2.10. The lowest BCUT2D eigenvalue weighted by atomic mass is 10.2. The molecule has 0 aliphatic carbocycles. The van der Waals surface area contributed by atoms with E-state index in [9.17, 15) is 0 Å². The summed E-state index contributed by atoms with van der Waals surface area (Å²) < 4.78 is 7.85. The number of benzene rings is 1. The van der Waals surface area contributed by atoms with E-state index >= 15 is 0 Å². The molecule has 0 unspecified atom stereocenters. The molecule has 2 aromatic rings. The second-order valence-electron chi connectivity index (χ2n) is 4.56. The Hall–Kier alpha value is -0.620. The smallest absolute Gasteiger partial charge is 0.135 e. The van der Waals surface area contributed by atoms with Crippen molar-refractivity contribution in [2.24, 2.45) is 0 Å². The SMILES string of the molecule is CC[C@H](CO)NCc1ccc(-c2ccc(Br)cc2Br)o1. The summed E-state index contributed by atoms with van der Waals surface area (Å²) in [7, 11) is 0. The molecule has 2 rings (SSSR count). The van der Waals surface area contributed by atoms with Gasteiger partial charge in [0, 0.05) is 20.6 Å². The molecule has 0 fully saturated rings. The average molecular weight is 403 g/mol. The van der Waals surface area contributed by atoms with Crippen LogP contribution >= 0.6 is 31.9 Å². The van der Waals surface area contributed by atoms with E-state index in [0.717, 1.165) is 32.5 Å². The monoisotopic (exact) mass is 401 g/mol. The van der Waals surface area contributed by atoms with Crippen molar-refractivity contribution in [3.8, 4) is 11.3 Å². The minimum absolute atomic E-state index is 0.114. The highest BCUT2D eigenvalue weighted by Crippen LogP contribution is 2.31. The van der Waals surface area contributed by atoms with Gasteiger partial charge in [-0.1, -0.05) is 22.9 Å². The first kappa shape index (κ1) is 15.8. The highest BCUT2D eigenvalue weighted by atomic mass is 79.9. The second kappa shape index (κ2) is 7.41. The largest absolute Gasteiger partial charge is 0.460 e. The minimum atomic E-state index is 0.114. The van der Waals surface area contributed by atoms with Crippen LogP contribution in [0.2, 0.25) is 0 Å². The Bertz CT molecular complexity index is 565. The quantitative estimate of drug-likeness (QED) is 0.755. The van der Waals surface area contributed by atoms with Gasteiger partial charge in [-0.25, -0.2) is 0 Å². The predicted molar refractivity (Wildman–Crippen MR) is 87.5 cm³/mol. The summed E-state index contributed by atoms with van der Waals surface area (Å²) in [6.45, 7) is 2.80. The van der Waals surface area contributed by atoms with Crippen molar-refractivity contribution in [1.82, 2.24) is 5.32 Å². The Labute approximate surface area is 135 Å². The number of aliphatic hydroxyl groups is 1. The van der Waals surface area contributed by atoms with Crippen molar-refractivity contribution in [3.05, 3.63) is 45.0 Å². The maximum atomic E-state index is 9.15. The molecule has 0 bridgehead atoms. The normalized spacial score (nSPS) is 12.6. The maximum Gasteiger partial charge on any atom is 0.135 e. The lowest BCUT2D eigenvalue weighted by Gasteiger charge is -2.12. The molecule has 0 spiro atoms. The van der Waals surface area contributed by atoms with E-state index in [4.69, 9.17) is 9.52 Å². The van der Waals surface area contributed by atoms with Crippen LogP contribution in [0.3, 0.4) is 0 Å². The zero-order chi connectivity index (χ0) is 14.5. The van der Waals surface area contributed by atoms with Crippen molar-refractivity contribution in [1.29, 1.82) is 0 Å². The summed E-state index contributed by atoms with van der Waals surface area (Å²) in [6, 6.07) is 10.0. The van der Waals surface area contributed by atoms with Crippen molar-refractivity contribution in [2.45, 2.75) is 25.9 Å². The van der Waals surface area contributed by atoms with Crippen LogP contribution in [0.15, 0.2) is 43.7 Å². The molecular formula is C15H17Br2NO2. The van der Waals surface area contributed by atoms with Gasteiger partial charge in [0.15, 0.2) is 0 Å². The van der Waals surface area contributed by atoms with E-state index in [1.807, 2.05) is 37.3 Å². The fourth-order valence-electron chi connectivity index (χ4n) is 1.89. The van der Waals surface area contributed by atoms with E-state index in [1.54, 1.807) is 0 Å². The molecule has 2 N–H and O–H groups in total. The van der Waals surface area contributed by atoms with Gasteiger partial charge in [0.2, 0.25) is 0 Å². The molecule has 3 nitrogen and oxygen atoms in total. The van der Waals surface area contributed by atoms with Crippen molar-refractivity contribution in [3.63, 3.8) is 0 Å². The fraction of sp³-hybridized carbons (Fsp3) is 0.333. The number of rotatable bonds is 6. The molecule has 0 aliphatic rings. The van der Waals surface area contributed by atoms with Crippen LogP contribution in [0.1, 0.15) is 19.1 Å². The van der Waals surface area contributed by atoms with Crippen molar-refractivity contribution < 1.29 is 9.52 Å². The van der Waals surface area contributed by atoms with Gasteiger partial charge in [-0.15, -0.1) is 0 Å². The van der Waals surface area contributed by atoms with Gasteiger partial charge in [0.05, 0.1) is 13.2 Å². The van der Waals surface area contributed by atoms with Crippen LogP contribution in [0.4, 0.5) is 0 Å². The number of aliphatic hydroxyl groups excluding tert-OH is 1. The lowest BCUT2D eigenvalue weighted by molar-refractivity contribution is 0.235. The molecule has 0 amide bonds. The molecule has 1 heterocycles. The first-order chi connectivity index (χ1) is 9.63. The number of hydrogen-bond acceptors (Lipinski definition) is 3. The zero-order valence-electron chi connectivity index (χ0n) is 11.2. The summed E-state index contributed by atoms with van der Waals surface area (Å²) in [5.74, 6) is 1.69. The van der Waals surface area contributed by atoms with Gasteiger partial charge >= 0.3 is 0 Å². The fourth-order valence-corrected chi connectivity index (χ4v) is 3.13. The van der Waals surface area contributed by atoms with Crippen LogP contribution < -0.4 is 5.32 Å². The third-order valence-corrected chi connectivity index (χ3v) is 4.29. The Balaban J connectivity index is 2.08. The van der Waals surface area contributed by atoms with Crippen LogP contribution in [0.5, 0.6) is 0 Å². The Morgan fingerprint density at radius 2 is 2.05 bits per heavy atom. The van der Waals surface area contributed by atoms with Crippen LogP contribution in [-0.2, 0) is 6.54 Å². The molecular weight excluding hydrogens is 386 g/mol. The van der Waals surface area contributed by atoms with Gasteiger partial charge in [0.25, 0.3) is 0 Å². The van der Waals surface area contributed by atoms with E-state index in [0.29, 0.717) is 6.54 Å². The minimum Gasteiger partial charge on any atom is -0.460 e. The molecule has 1 aromatic heterocycles. The van der Waals surface area contributed by atoms with Gasteiger partial charge < -0.3 is 14.8 Å². The van der Waals surface area contributed by atoms with Crippen LogP contribution in [0, 0.1) is 0 Å². The number of halogens is 2. The maximum absolute atomic E-state index is 9.15. The summed E-state index contributed by atoms with van der Waals surface area (Å²) in [5, 5.41) is 12.4. The average Bonchev–Trinajstić information content (AvgIpc) is 2.88. The third kappa shape index (κ3) is 3.95. The summed E-state index contributed by atoms with van der Waals surface area (Å²) in [6.07, 6.45) is 0.891.